The van der Waals surface area contributed by atoms with Gasteiger partial charge in [0.2, 0.25) is 11.8 Å². The molecule has 0 aliphatic heterocycles. The predicted molar refractivity (Wildman–Crippen MR) is 109 cm³/mol. The van der Waals surface area contributed by atoms with Crippen molar-refractivity contribution in [2.75, 3.05) is 20.1 Å². The summed E-state index contributed by atoms with van der Waals surface area (Å²) in [4.78, 5) is 37.8. The molecule has 2 fully saturated rings. The third-order valence-electron chi connectivity index (χ3n) is 6.10. The lowest BCUT2D eigenvalue weighted by atomic mass is 9.81. The Morgan fingerprint density at radius 2 is 1.75 bits per heavy atom. The average molecular weight is 396 g/mol. The molecule has 1 atom stereocenters. The van der Waals surface area contributed by atoms with Gasteiger partial charge >= 0.3 is 6.03 Å². The highest BCUT2D eigenvalue weighted by Gasteiger charge is 2.34. The fraction of sp³-hybridized carbons (Fsp3) is 0.850. The number of nitrogens with two attached hydrogens (primary N) is 1. The van der Waals surface area contributed by atoms with Crippen LogP contribution in [0.15, 0.2) is 0 Å². The predicted octanol–water partition coefficient (Wildman–Crippen LogP) is 1.10. The van der Waals surface area contributed by atoms with Crippen LogP contribution in [0.2, 0.25) is 0 Å². The van der Waals surface area contributed by atoms with Gasteiger partial charge in [-0.2, -0.15) is 0 Å². The van der Waals surface area contributed by atoms with Gasteiger partial charge < -0.3 is 26.6 Å². The third-order valence-corrected chi connectivity index (χ3v) is 6.10. The van der Waals surface area contributed by atoms with Crippen LogP contribution in [-0.2, 0) is 9.59 Å². The first kappa shape index (κ1) is 22.5. The summed E-state index contributed by atoms with van der Waals surface area (Å²) >= 11 is 0. The van der Waals surface area contributed by atoms with Gasteiger partial charge in [0.25, 0.3) is 0 Å². The van der Waals surface area contributed by atoms with Crippen molar-refractivity contribution in [3.05, 3.63) is 0 Å². The van der Waals surface area contributed by atoms with Crippen LogP contribution < -0.4 is 21.7 Å². The second-order valence-corrected chi connectivity index (χ2v) is 8.13. The highest BCUT2D eigenvalue weighted by molar-refractivity contribution is 5.82. The Morgan fingerprint density at radius 3 is 2.32 bits per heavy atom. The molecule has 0 spiro atoms. The zero-order valence-corrected chi connectivity index (χ0v) is 17.3. The molecule has 0 heterocycles. The van der Waals surface area contributed by atoms with E-state index in [0.29, 0.717) is 32.0 Å². The molecule has 5 N–H and O–H groups in total. The number of nitrogens with one attached hydrogen (secondary N) is 3. The van der Waals surface area contributed by atoms with E-state index >= 15 is 0 Å². The SMILES string of the molecule is CCNC(=O)NCCCC(=O)NC1CCC([C@H](N)C(=O)N(C)C2CCC2)CC1. The van der Waals surface area contributed by atoms with E-state index in [-0.39, 0.29) is 29.8 Å². The summed E-state index contributed by atoms with van der Waals surface area (Å²) in [6.07, 6.45) is 7.86. The maximum Gasteiger partial charge on any atom is 0.314 e. The molecule has 0 aromatic rings. The zero-order valence-electron chi connectivity index (χ0n) is 17.3. The number of hydrogen-bond donors (Lipinski definition) is 4. The van der Waals surface area contributed by atoms with Crippen molar-refractivity contribution < 1.29 is 14.4 Å². The number of carbonyl (C=O) groups is 3. The standard InChI is InChI=1S/C20H37N5O3/c1-3-22-20(28)23-13-5-8-17(26)24-15-11-9-14(10-12-15)18(21)19(27)25(2)16-6-4-7-16/h14-16,18H,3-13,21H2,1-2H3,(H,24,26)(H2,22,23,28)/t14?,15?,18-/m0/s1. The monoisotopic (exact) mass is 395 g/mol. The van der Waals surface area contributed by atoms with Crippen LogP contribution in [0.5, 0.6) is 0 Å². The largest absolute Gasteiger partial charge is 0.353 e. The smallest absolute Gasteiger partial charge is 0.314 e. The van der Waals surface area contributed by atoms with Crippen LogP contribution >= 0.6 is 0 Å². The quantitative estimate of drug-likeness (QED) is 0.437. The summed E-state index contributed by atoms with van der Waals surface area (Å²) in [5, 5.41) is 8.45. The Kier molecular flexibility index (Phi) is 9.02. The molecule has 0 bridgehead atoms. The zero-order chi connectivity index (χ0) is 20.5. The molecule has 2 aliphatic rings. The van der Waals surface area contributed by atoms with Crippen LogP contribution in [0.25, 0.3) is 0 Å². The topological polar surface area (TPSA) is 117 Å². The van der Waals surface area contributed by atoms with Gasteiger partial charge in [-0.25, -0.2) is 4.79 Å². The lowest BCUT2D eigenvalue weighted by Gasteiger charge is -2.38. The summed E-state index contributed by atoms with van der Waals surface area (Å²) in [5.74, 6) is 0.285. The first-order valence-corrected chi connectivity index (χ1v) is 10.8. The number of rotatable bonds is 9. The van der Waals surface area contributed by atoms with E-state index in [0.717, 1.165) is 38.5 Å². The summed E-state index contributed by atoms with van der Waals surface area (Å²) < 4.78 is 0. The fourth-order valence-corrected chi connectivity index (χ4v) is 3.99. The van der Waals surface area contributed by atoms with Gasteiger partial charge in [0.05, 0.1) is 6.04 Å². The van der Waals surface area contributed by atoms with E-state index < -0.39 is 6.04 Å². The van der Waals surface area contributed by atoms with Gasteiger partial charge in [0.15, 0.2) is 0 Å². The molecule has 28 heavy (non-hydrogen) atoms. The highest BCUT2D eigenvalue weighted by Crippen LogP contribution is 2.29. The molecule has 8 heteroatoms. The van der Waals surface area contributed by atoms with Crippen LogP contribution in [0.4, 0.5) is 4.79 Å². The van der Waals surface area contributed by atoms with Crippen molar-refractivity contribution in [3.8, 4) is 0 Å². The molecular weight excluding hydrogens is 358 g/mol. The number of amides is 4. The Bertz CT molecular complexity index is 530. The molecule has 0 aromatic heterocycles. The molecule has 2 rings (SSSR count). The Morgan fingerprint density at radius 1 is 1.07 bits per heavy atom. The Hall–Kier alpha value is -1.83. The van der Waals surface area contributed by atoms with Crippen LogP contribution in [0.3, 0.4) is 0 Å². The van der Waals surface area contributed by atoms with Crippen LogP contribution in [-0.4, -0.2) is 61.0 Å². The average Bonchev–Trinajstić information content (AvgIpc) is 2.63. The Balaban J connectivity index is 1.61. The third kappa shape index (κ3) is 6.65. The van der Waals surface area contributed by atoms with E-state index in [1.165, 1.54) is 6.42 Å². The van der Waals surface area contributed by atoms with Gasteiger partial charge in [0.1, 0.15) is 0 Å². The second kappa shape index (κ2) is 11.2. The van der Waals surface area contributed by atoms with E-state index in [1.807, 2.05) is 18.9 Å². The lowest BCUT2D eigenvalue weighted by Crippen LogP contribution is -2.52. The molecule has 2 saturated carbocycles. The van der Waals surface area contributed by atoms with Crippen LogP contribution in [0.1, 0.15) is 64.7 Å². The molecule has 4 amide bonds. The summed E-state index contributed by atoms with van der Waals surface area (Å²) in [6, 6.07) is -0.0962. The molecule has 0 radical (unpaired) electrons. The minimum atomic E-state index is -0.428. The second-order valence-electron chi connectivity index (χ2n) is 8.13. The number of carbonyl (C=O) groups excluding carboxylic acids is 3. The van der Waals surface area contributed by atoms with Gasteiger partial charge in [-0.1, -0.05) is 0 Å². The van der Waals surface area contributed by atoms with Crippen molar-refractivity contribution in [1.82, 2.24) is 20.9 Å². The number of nitrogens with zero attached hydrogens (tertiary/aromatic N) is 1. The first-order valence-electron chi connectivity index (χ1n) is 10.8. The van der Waals surface area contributed by atoms with Gasteiger partial charge in [-0.3, -0.25) is 9.59 Å². The minimum absolute atomic E-state index is 0.0197. The van der Waals surface area contributed by atoms with Crippen molar-refractivity contribution in [1.29, 1.82) is 0 Å². The number of likely N-dealkylation sites (N-methyl/N-ethyl adjacent to an activating group) is 1. The van der Waals surface area contributed by atoms with Crippen molar-refractivity contribution >= 4 is 17.8 Å². The fourth-order valence-electron chi connectivity index (χ4n) is 3.99. The lowest BCUT2D eigenvalue weighted by molar-refractivity contribution is -0.136. The summed E-state index contributed by atoms with van der Waals surface area (Å²) in [6.45, 7) is 2.93. The maximum atomic E-state index is 12.6. The van der Waals surface area contributed by atoms with E-state index in [4.69, 9.17) is 5.73 Å². The molecular formula is C20H37N5O3. The molecule has 160 valence electrons. The van der Waals surface area contributed by atoms with Crippen molar-refractivity contribution in [3.63, 3.8) is 0 Å². The van der Waals surface area contributed by atoms with E-state index in [1.54, 1.807) is 0 Å². The molecule has 0 unspecified atom stereocenters. The highest BCUT2D eigenvalue weighted by atomic mass is 16.2. The molecule has 2 aliphatic carbocycles. The molecule has 8 nitrogen and oxygen atoms in total. The Labute approximate surface area is 168 Å². The van der Waals surface area contributed by atoms with Crippen LogP contribution in [0, 0.1) is 5.92 Å². The van der Waals surface area contributed by atoms with E-state index in [9.17, 15) is 14.4 Å². The maximum absolute atomic E-state index is 12.6. The minimum Gasteiger partial charge on any atom is -0.353 e. The van der Waals surface area contributed by atoms with Crippen molar-refractivity contribution in [2.24, 2.45) is 11.7 Å². The summed E-state index contributed by atoms with van der Waals surface area (Å²) in [5.41, 5.74) is 6.26. The van der Waals surface area contributed by atoms with Gasteiger partial charge in [-0.15, -0.1) is 0 Å². The first-order chi connectivity index (χ1) is 13.4. The normalized spacial score (nSPS) is 23.2. The number of urea groups is 1. The summed E-state index contributed by atoms with van der Waals surface area (Å²) in [7, 11) is 1.87. The van der Waals surface area contributed by atoms with E-state index in [2.05, 4.69) is 16.0 Å². The van der Waals surface area contributed by atoms with Gasteiger partial charge in [-0.05, 0) is 64.2 Å². The van der Waals surface area contributed by atoms with Crippen molar-refractivity contribution in [2.45, 2.75) is 82.8 Å². The molecule has 0 saturated heterocycles. The number of hydrogen-bond acceptors (Lipinski definition) is 4. The van der Waals surface area contributed by atoms with Gasteiger partial charge in [0, 0.05) is 38.6 Å². The molecule has 0 aromatic carbocycles.